The fourth-order valence-corrected chi connectivity index (χ4v) is 4.43. The first-order valence-corrected chi connectivity index (χ1v) is 15.5. The molecule has 0 saturated carbocycles. The summed E-state index contributed by atoms with van der Waals surface area (Å²) in [7, 11) is 0. The lowest BCUT2D eigenvalue weighted by Crippen LogP contribution is -2.40. The quantitative estimate of drug-likeness (QED) is 0.0577. The molecule has 0 rings (SSSR count). The molecule has 0 aromatic heterocycles. The van der Waals surface area contributed by atoms with E-state index in [0.29, 0.717) is 38.6 Å². The molecule has 38 heavy (non-hydrogen) atoms. The Hall–Kier alpha value is -1.89. The van der Waals surface area contributed by atoms with Crippen LogP contribution in [-0.2, 0) is 19.1 Å². The van der Waals surface area contributed by atoms with Gasteiger partial charge in [-0.15, -0.1) is 0 Å². The van der Waals surface area contributed by atoms with Crippen molar-refractivity contribution in [3.05, 3.63) is 12.2 Å². The molecule has 0 fully saturated rings. The molecule has 0 aliphatic heterocycles. The number of carbonyl (C=O) groups excluding carboxylic acids is 2. The number of carboxylic acids is 1. The Kier molecular flexibility index (Phi) is 25.4. The van der Waals surface area contributed by atoms with E-state index in [9.17, 15) is 19.5 Å². The van der Waals surface area contributed by atoms with Gasteiger partial charge in [0.2, 0.25) is 5.91 Å². The number of ether oxygens (including phenoxy) is 1. The third kappa shape index (κ3) is 23.2. The molecule has 222 valence electrons. The zero-order chi connectivity index (χ0) is 28.3. The highest BCUT2D eigenvalue weighted by molar-refractivity contribution is 5.83. The summed E-state index contributed by atoms with van der Waals surface area (Å²) in [6.07, 6.45) is 24.2. The van der Waals surface area contributed by atoms with Gasteiger partial charge in [-0.1, -0.05) is 77.4 Å². The molecule has 4 N–H and O–H groups in total. The van der Waals surface area contributed by atoms with Gasteiger partial charge in [0.1, 0.15) is 12.1 Å². The van der Waals surface area contributed by atoms with Gasteiger partial charge < -0.3 is 20.9 Å². The molecule has 7 nitrogen and oxygen atoms in total. The third-order valence-corrected chi connectivity index (χ3v) is 6.83. The smallest absolute Gasteiger partial charge is 0.326 e. The van der Waals surface area contributed by atoms with Gasteiger partial charge in [-0.3, -0.25) is 9.59 Å². The summed E-state index contributed by atoms with van der Waals surface area (Å²) in [5.41, 5.74) is 5.44. The van der Waals surface area contributed by atoms with Crippen molar-refractivity contribution in [1.82, 2.24) is 5.32 Å². The summed E-state index contributed by atoms with van der Waals surface area (Å²) in [6, 6.07) is -0.870. The third-order valence-electron chi connectivity index (χ3n) is 6.83. The topological polar surface area (TPSA) is 119 Å². The first-order chi connectivity index (χ1) is 18.4. The summed E-state index contributed by atoms with van der Waals surface area (Å²) in [6.45, 7) is 4.79. The molecule has 0 aromatic carbocycles. The van der Waals surface area contributed by atoms with Crippen LogP contribution in [0.3, 0.4) is 0 Å². The number of unbranched alkanes of at least 4 members (excludes halogenated alkanes) is 11. The Morgan fingerprint density at radius 1 is 0.737 bits per heavy atom. The Morgan fingerprint density at radius 3 is 1.97 bits per heavy atom. The minimum Gasteiger partial charge on any atom is -0.480 e. The van der Waals surface area contributed by atoms with E-state index in [4.69, 9.17) is 10.5 Å². The molecule has 0 bridgehead atoms. The van der Waals surface area contributed by atoms with E-state index in [2.05, 4.69) is 31.3 Å². The van der Waals surface area contributed by atoms with Crippen LogP contribution in [0.4, 0.5) is 0 Å². The van der Waals surface area contributed by atoms with E-state index < -0.39 is 12.0 Å². The molecular weight excluding hydrogens is 480 g/mol. The highest BCUT2D eigenvalue weighted by Gasteiger charge is 2.19. The van der Waals surface area contributed by atoms with Gasteiger partial charge in [0.05, 0.1) is 0 Å². The number of carboxylic acid groups (broad SMARTS) is 1. The van der Waals surface area contributed by atoms with Gasteiger partial charge in [0.15, 0.2) is 0 Å². The molecule has 2 unspecified atom stereocenters. The van der Waals surface area contributed by atoms with Crippen LogP contribution in [0.5, 0.6) is 0 Å². The molecule has 0 saturated heterocycles. The van der Waals surface area contributed by atoms with Crippen molar-refractivity contribution in [3.63, 3.8) is 0 Å². The van der Waals surface area contributed by atoms with Crippen LogP contribution in [0.2, 0.25) is 0 Å². The average Bonchev–Trinajstić information content (AvgIpc) is 2.89. The average molecular weight is 539 g/mol. The second-order valence-electron chi connectivity index (χ2n) is 10.5. The second kappa shape index (κ2) is 26.7. The molecular formula is C31H58N2O5. The van der Waals surface area contributed by atoms with Gasteiger partial charge in [-0.05, 0) is 77.2 Å². The van der Waals surface area contributed by atoms with E-state index in [1.54, 1.807) is 0 Å². The number of rotatable bonds is 27. The van der Waals surface area contributed by atoms with Crippen LogP contribution >= 0.6 is 0 Å². The van der Waals surface area contributed by atoms with Crippen LogP contribution in [0, 0.1) is 0 Å². The predicted molar refractivity (Wildman–Crippen MR) is 156 cm³/mol. The van der Waals surface area contributed by atoms with E-state index >= 15 is 0 Å². The van der Waals surface area contributed by atoms with Crippen molar-refractivity contribution in [3.8, 4) is 0 Å². The van der Waals surface area contributed by atoms with Gasteiger partial charge >= 0.3 is 11.9 Å². The van der Waals surface area contributed by atoms with E-state index in [1.807, 2.05) is 0 Å². The zero-order valence-corrected chi connectivity index (χ0v) is 24.5. The summed E-state index contributed by atoms with van der Waals surface area (Å²) in [5.74, 6) is -1.33. The number of nitrogens with one attached hydrogen (secondary N) is 1. The summed E-state index contributed by atoms with van der Waals surface area (Å²) in [4.78, 5) is 35.8. The summed E-state index contributed by atoms with van der Waals surface area (Å²) in [5, 5.41) is 11.8. The van der Waals surface area contributed by atoms with Crippen molar-refractivity contribution >= 4 is 17.8 Å². The minimum absolute atomic E-state index is 0.0463. The molecule has 0 heterocycles. The standard InChI is InChI=1S/C31H58N2O5/c1-3-5-7-8-9-10-11-12-13-14-19-25-30(35)38-27(21-16-6-4-2)22-17-15-18-24-29(34)33-28(31(36)37)23-20-26-32/h8-9,27-28H,3-7,10-26,32H2,1-2H3,(H,33,34)(H,36,37)/b9-8-. The first kappa shape index (κ1) is 36.1. The zero-order valence-electron chi connectivity index (χ0n) is 24.5. The maximum atomic E-state index is 12.4. The highest BCUT2D eigenvalue weighted by atomic mass is 16.5. The maximum absolute atomic E-state index is 12.4. The molecule has 0 aliphatic rings. The monoisotopic (exact) mass is 538 g/mol. The largest absolute Gasteiger partial charge is 0.480 e. The fraction of sp³-hybridized carbons (Fsp3) is 0.839. The summed E-state index contributed by atoms with van der Waals surface area (Å²) < 4.78 is 5.83. The van der Waals surface area contributed by atoms with Crippen molar-refractivity contribution < 1.29 is 24.2 Å². The summed E-state index contributed by atoms with van der Waals surface area (Å²) >= 11 is 0. The number of aliphatic carboxylic acids is 1. The fourth-order valence-electron chi connectivity index (χ4n) is 4.43. The molecule has 0 aromatic rings. The maximum Gasteiger partial charge on any atom is 0.326 e. The van der Waals surface area contributed by atoms with Crippen LogP contribution in [-0.4, -0.2) is 41.6 Å². The number of esters is 1. The Bertz CT molecular complexity index is 623. The lowest BCUT2D eigenvalue weighted by atomic mass is 10.0. The van der Waals surface area contributed by atoms with Crippen molar-refractivity contribution in [2.75, 3.05) is 6.54 Å². The van der Waals surface area contributed by atoms with Crippen LogP contribution in [0.25, 0.3) is 0 Å². The van der Waals surface area contributed by atoms with Crippen molar-refractivity contribution in [1.29, 1.82) is 0 Å². The van der Waals surface area contributed by atoms with Gasteiger partial charge in [0, 0.05) is 12.8 Å². The highest BCUT2D eigenvalue weighted by Crippen LogP contribution is 2.17. The van der Waals surface area contributed by atoms with Crippen LogP contribution in [0.15, 0.2) is 12.2 Å². The van der Waals surface area contributed by atoms with Crippen molar-refractivity contribution in [2.45, 2.75) is 161 Å². The number of carbonyl (C=O) groups is 3. The van der Waals surface area contributed by atoms with E-state index in [0.717, 1.165) is 64.2 Å². The van der Waals surface area contributed by atoms with Gasteiger partial charge in [-0.25, -0.2) is 4.79 Å². The number of amides is 1. The van der Waals surface area contributed by atoms with E-state index in [-0.39, 0.29) is 18.0 Å². The molecule has 2 atom stereocenters. The Morgan fingerprint density at radius 2 is 1.32 bits per heavy atom. The number of nitrogens with two attached hydrogens (primary N) is 1. The molecule has 0 radical (unpaired) electrons. The van der Waals surface area contributed by atoms with Crippen LogP contribution in [0.1, 0.15) is 149 Å². The number of allylic oxidation sites excluding steroid dienone is 2. The lowest BCUT2D eigenvalue weighted by Gasteiger charge is -2.18. The Balaban J connectivity index is 4.11. The molecule has 7 heteroatoms. The van der Waals surface area contributed by atoms with Crippen molar-refractivity contribution in [2.24, 2.45) is 5.73 Å². The normalized spacial score (nSPS) is 12.9. The minimum atomic E-state index is -1.02. The SMILES string of the molecule is CCCC/C=C\CCCCCCCC(=O)OC(CCCCC)CCCCCC(=O)NC(CCCN)C(=O)O. The second-order valence-corrected chi connectivity index (χ2v) is 10.5. The molecule has 0 spiro atoms. The first-order valence-electron chi connectivity index (χ1n) is 15.5. The van der Waals surface area contributed by atoms with Gasteiger partial charge in [0.25, 0.3) is 0 Å². The number of hydrogen-bond acceptors (Lipinski definition) is 5. The van der Waals surface area contributed by atoms with Crippen LogP contribution < -0.4 is 11.1 Å². The number of hydrogen-bond donors (Lipinski definition) is 3. The Labute approximate surface area is 232 Å². The predicted octanol–water partition coefficient (Wildman–Crippen LogP) is 7.21. The van der Waals surface area contributed by atoms with Gasteiger partial charge in [-0.2, -0.15) is 0 Å². The lowest BCUT2D eigenvalue weighted by molar-refractivity contribution is -0.150. The van der Waals surface area contributed by atoms with E-state index in [1.165, 1.54) is 38.5 Å². The molecule has 1 amide bonds. The molecule has 0 aliphatic carbocycles.